The van der Waals surface area contributed by atoms with Gasteiger partial charge in [0.2, 0.25) is 0 Å². The van der Waals surface area contributed by atoms with Crippen LogP contribution in [0.2, 0.25) is 0 Å². The second kappa shape index (κ2) is 7.81. The van der Waals surface area contributed by atoms with E-state index in [0.717, 1.165) is 5.56 Å². The summed E-state index contributed by atoms with van der Waals surface area (Å²) in [6.07, 6.45) is 0. The number of para-hydroxylation sites is 2. The summed E-state index contributed by atoms with van der Waals surface area (Å²) in [6, 6.07) is 10.8. The first-order valence-corrected chi connectivity index (χ1v) is 7.98. The zero-order chi connectivity index (χ0) is 19.3. The van der Waals surface area contributed by atoms with E-state index in [1.807, 2.05) is 20.8 Å². The topological polar surface area (TPSA) is 105 Å². The van der Waals surface area contributed by atoms with E-state index >= 15 is 0 Å². The highest BCUT2D eigenvalue weighted by molar-refractivity contribution is 5.50. The smallest absolute Gasteiger partial charge is 0.311 e. The molecule has 0 N–H and O–H groups in total. The Morgan fingerprint density at radius 3 is 1.92 bits per heavy atom. The van der Waals surface area contributed by atoms with Gasteiger partial charge in [0, 0.05) is 12.1 Å². The minimum atomic E-state index is -0.535. The van der Waals surface area contributed by atoms with Crippen molar-refractivity contribution in [3.63, 3.8) is 0 Å². The number of benzene rings is 2. The molecule has 0 aliphatic rings. The van der Waals surface area contributed by atoms with Gasteiger partial charge in [-0.15, -0.1) is 0 Å². The van der Waals surface area contributed by atoms with E-state index in [2.05, 4.69) is 0 Å². The summed E-state index contributed by atoms with van der Waals surface area (Å²) in [5.41, 5.74) is 0.336. The van der Waals surface area contributed by atoms with Gasteiger partial charge in [0.05, 0.1) is 9.85 Å². The second-order valence-corrected chi connectivity index (χ2v) is 6.61. The highest BCUT2D eigenvalue weighted by Crippen LogP contribution is 2.33. The third-order valence-electron chi connectivity index (χ3n) is 3.68. The number of hydrogen-bond donors (Lipinski definition) is 0. The van der Waals surface area contributed by atoms with Crippen LogP contribution in [0.5, 0.6) is 11.5 Å². The van der Waals surface area contributed by atoms with E-state index in [1.165, 1.54) is 18.2 Å². The van der Waals surface area contributed by atoms with Gasteiger partial charge in [-0.1, -0.05) is 39.0 Å². The lowest BCUT2D eigenvalue weighted by molar-refractivity contribution is -0.386. The van der Waals surface area contributed by atoms with Crippen LogP contribution in [0.25, 0.3) is 0 Å². The van der Waals surface area contributed by atoms with Gasteiger partial charge in [-0.05, 0) is 23.1 Å². The molecule has 26 heavy (non-hydrogen) atoms. The Bertz CT molecular complexity index is 814. The Kier molecular flexibility index (Phi) is 5.76. The summed E-state index contributed by atoms with van der Waals surface area (Å²) in [6.45, 7) is 5.93. The van der Waals surface area contributed by atoms with Gasteiger partial charge in [-0.2, -0.15) is 0 Å². The van der Waals surface area contributed by atoms with Crippen molar-refractivity contribution in [1.82, 2.24) is 0 Å². The first-order valence-electron chi connectivity index (χ1n) is 7.98. The van der Waals surface area contributed by atoms with E-state index in [4.69, 9.17) is 9.47 Å². The van der Waals surface area contributed by atoms with Crippen molar-refractivity contribution in [3.8, 4) is 11.5 Å². The van der Waals surface area contributed by atoms with Crippen LogP contribution in [0.4, 0.5) is 11.4 Å². The van der Waals surface area contributed by atoms with Crippen molar-refractivity contribution >= 4 is 11.4 Å². The van der Waals surface area contributed by atoms with Crippen molar-refractivity contribution in [2.75, 3.05) is 13.2 Å². The van der Waals surface area contributed by atoms with E-state index < -0.39 is 9.85 Å². The molecule has 0 aliphatic carbocycles. The zero-order valence-corrected chi connectivity index (χ0v) is 14.8. The lowest BCUT2D eigenvalue weighted by Crippen LogP contribution is -2.13. The van der Waals surface area contributed by atoms with Crippen molar-refractivity contribution in [3.05, 3.63) is 68.3 Å². The molecule has 0 aromatic heterocycles. The standard InChI is InChI=1S/C18H20N2O6/c1-18(2,3)13-8-9-17(15(12-13)20(23)24)26-11-10-25-16-7-5-4-6-14(16)19(21)22/h4-9,12H,10-11H2,1-3H3. The van der Waals surface area contributed by atoms with Crippen LogP contribution in [-0.4, -0.2) is 23.1 Å². The van der Waals surface area contributed by atoms with E-state index in [1.54, 1.807) is 24.3 Å². The van der Waals surface area contributed by atoms with Crippen LogP contribution in [0.15, 0.2) is 42.5 Å². The Morgan fingerprint density at radius 1 is 0.846 bits per heavy atom. The van der Waals surface area contributed by atoms with Crippen LogP contribution >= 0.6 is 0 Å². The van der Waals surface area contributed by atoms with Crippen molar-refractivity contribution < 1.29 is 19.3 Å². The molecule has 0 saturated heterocycles. The molecule has 0 heterocycles. The second-order valence-electron chi connectivity index (χ2n) is 6.61. The molecule has 0 fully saturated rings. The van der Waals surface area contributed by atoms with Crippen LogP contribution < -0.4 is 9.47 Å². The number of ether oxygens (including phenoxy) is 2. The number of hydrogen-bond acceptors (Lipinski definition) is 6. The predicted molar refractivity (Wildman–Crippen MR) is 95.9 cm³/mol. The quantitative estimate of drug-likeness (QED) is 0.415. The van der Waals surface area contributed by atoms with Crippen molar-refractivity contribution in [2.24, 2.45) is 0 Å². The van der Waals surface area contributed by atoms with Crippen LogP contribution in [0.1, 0.15) is 26.3 Å². The van der Waals surface area contributed by atoms with Crippen LogP contribution in [-0.2, 0) is 5.41 Å². The molecule has 0 unspecified atom stereocenters. The largest absolute Gasteiger partial charge is 0.483 e. The number of nitro benzene ring substituents is 2. The number of rotatable bonds is 7. The summed E-state index contributed by atoms with van der Waals surface area (Å²) in [7, 11) is 0. The maximum absolute atomic E-state index is 11.3. The molecule has 2 aromatic carbocycles. The predicted octanol–water partition coefficient (Wildman–Crippen LogP) is 4.26. The maximum Gasteiger partial charge on any atom is 0.311 e. The monoisotopic (exact) mass is 360 g/mol. The van der Waals surface area contributed by atoms with E-state index in [0.29, 0.717) is 0 Å². The molecule has 2 aromatic rings. The first-order chi connectivity index (χ1) is 12.2. The lowest BCUT2D eigenvalue weighted by Gasteiger charge is -2.19. The van der Waals surface area contributed by atoms with Crippen molar-refractivity contribution in [2.45, 2.75) is 26.2 Å². The number of nitro groups is 2. The molecule has 2 rings (SSSR count). The molecular weight excluding hydrogens is 340 g/mol. The zero-order valence-electron chi connectivity index (χ0n) is 14.8. The molecule has 0 spiro atoms. The highest BCUT2D eigenvalue weighted by atomic mass is 16.6. The minimum absolute atomic E-state index is 0.0156. The Morgan fingerprint density at radius 2 is 1.38 bits per heavy atom. The minimum Gasteiger partial charge on any atom is -0.483 e. The van der Waals surface area contributed by atoms with Gasteiger partial charge >= 0.3 is 11.4 Å². The summed E-state index contributed by atoms with van der Waals surface area (Å²) in [4.78, 5) is 21.2. The van der Waals surface area contributed by atoms with Crippen molar-refractivity contribution in [1.29, 1.82) is 0 Å². The molecule has 0 atom stereocenters. The molecule has 0 radical (unpaired) electrons. The normalized spacial score (nSPS) is 11.0. The molecular formula is C18H20N2O6. The average molecular weight is 360 g/mol. The molecule has 0 saturated carbocycles. The Labute approximate surface area is 150 Å². The summed E-state index contributed by atoms with van der Waals surface area (Å²) < 4.78 is 10.8. The average Bonchev–Trinajstić information content (AvgIpc) is 2.58. The van der Waals surface area contributed by atoms with Gasteiger partial charge in [-0.25, -0.2) is 0 Å². The molecule has 0 amide bonds. The Hall–Kier alpha value is -3.16. The van der Waals surface area contributed by atoms with Gasteiger partial charge in [0.1, 0.15) is 13.2 Å². The maximum atomic E-state index is 11.3. The van der Waals surface area contributed by atoms with Crippen LogP contribution in [0, 0.1) is 20.2 Å². The van der Waals surface area contributed by atoms with E-state index in [-0.39, 0.29) is 41.5 Å². The first kappa shape index (κ1) is 19.2. The third-order valence-corrected chi connectivity index (χ3v) is 3.68. The SMILES string of the molecule is CC(C)(C)c1ccc(OCCOc2ccccc2[N+](=O)[O-])c([N+](=O)[O-])c1. The van der Waals surface area contributed by atoms with E-state index in [9.17, 15) is 20.2 Å². The molecule has 8 nitrogen and oxygen atoms in total. The lowest BCUT2D eigenvalue weighted by atomic mass is 9.87. The van der Waals surface area contributed by atoms with Gasteiger partial charge < -0.3 is 9.47 Å². The summed E-state index contributed by atoms with van der Waals surface area (Å²) in [5.74, 6) is 0.257. The van der Waals surface area contributed by atoms with Gasteiger partial charge in [0.15, 0.2) is 11.5 Å². The summed E-state index contributed by atoms with van der Waals surface area (Å²) >= 11 is 0. The Balaban J connectivity index is 2.04. The molecule has 8 heteroatoms. The van der Waals surface area contributed by atoms with Gasteiger partial charge in [-0.3, -0.25) is 20.2 Å². The fourth-order valence-corrected chi connectivity index (χ4v) is 2.28. The third kappa shape index (κ3) is 4.69. The molecule has 138 valence electrons. The molecule has 0 bridgehead atoms. The highest BCUT2D eigenvalue weighted by Gasteiger charge is 2.22. The fourth-order valence-electron chi connectivity index (χ4n) is 2.28. The van der Waals surface area contributed by atoms with Crippen LogP contribution in [0.3, 0.4) is 0 Å². The fraction of sp³-hybridized carbons (Fsp3) is 0.333. The van der Waals surface area contributed by atoms with Gasteiger partial charge in [0.25, 0.3) is 0 Å². The number of nitrogens with zero attached hydrogens (tertiary/aromatic N) is 2. The summed E-state index contributed by atoms with van der Waals surface area (Å²) in [5, 5.41) is 22.2. The molecule has 0 aliphatic heterocycles.